The normalized spacial score (nSPS) is 21.0. The van der Waals surface area contributed by atoms with Gasteiger partial charge < -0.3 is 5.32 Å². The molecule has 0 heterocycles. The molecular weight excluding hydrogens is 376 g/mol. The summed E-state index contributed by atoms with van der Waals surface area (Å²) < 4.78 is 14.5. The first-order chi connectivity index (χ1) is 10.0. The maximum Gasteiger partial charge on any atom is 0.160 e. The van der Waals surface area contributed by atoms with Gasteiger partial charge in [0.05, 0.1) is 10.0 Å². The maximum atomic E-state index is 13.4. The molecule has 0 spiro atoms. The molecule has 1 aliphatic rings. The number of benzene rings is 2. The second kappa shape index (κ2) is 6.15. The van der Waals surface area contributed by atoms with Gasteiger partial charge in [0, 0.05) is 16.2 Å². The molecule has 1 N–H and O–H groups in total. The summed E-state index contributed by atoms with van der Waals surface area (Å²) in [4.78, 5) is 0. The third-order valence-corrected chi connectivity index (χ3v) is 5.11. The molecule has 21 heavy (non-hydrogen) atoms. The van der Waals surface area contributed by atoms with Crippen molar-refractivity contribution in [2.24, 2.45) is 0 Å². The summed E-state index contributed by atoms with van der Waals surface area (Å²) in [6, 6.07) is 11.8. The lowest BCUT2D eigenvalue weighted by Crippen LogP contribution is -2.34. The van der Waals surface area contributed by atoms with Gasteiger partial charge in [0.1, 0.15) is 0 Å². The first-order valence-corrected chi connectivity index (χ1v) is 8.25. The summed E-state index contributed by atoms with van der Waals surface area (Å²) in [6.45, 7) is 0. The summed E-state index contributed by atoms with van der Waals surface area (Å²) in [5.41, 5.74) is 2.10. The Morgan fingerprint density at radius 3 is 2.33 bits per heavy atom. The van der Waals surface area contributed by atoms with Crippen LogP contribution in [0.5, 0.6) is 0 Å². The second-order valence-electron chi connectivity index (χ2n) is 5.28. The lowest BCUT2D eigenvalue weighted by molar-refractivity contribution is 0.373. The lowest BCUT2D eigenvalue weighted by atomic mass is 9.76. The SMILES string of the molecule is Fc1c(Cl)cc(NC2CC(c3ccccc3Br)C2)cc1Cl. The Balaban J connectivity index is 1.64. The number of hydrogen-bond donors (Lipinski definition) is 1. The summed E-state index contributed by atoms with van der Waals surface area (Å²) in [6.07, 6.45) is 2.07. The number of halogens is 4. The van der Waals surface area contributed by atoms with E-state index in [-0.39, 0.29) is 10.0 Å². The van der Waals surface area contributed by atoms with Crippen LogP contribution in [0.4, 0.5) is 10.1 Å². The Morgan fingerprint density at radius 2 is 1.71 bits per heavy atom. The minimum atomic E-state index is -0.566. The zero-order valence-corrected chi connectivity index (χ0v) is 14.1. The Kier molecular flexibility index (Phi) is 4.43. The van der Waals surface area contributed by atoms with Crippen molar-refractivity contribution in [2.45, 2.75) is 24.8 Å². The molecule has 0 atom stereocenters. The average molecular weight is 389 g/mol. The van der Waals surface area contributed by atoms with Crippen molar-refractivity contribution < 1.29 is 4.39 Å². The van der Waals surface area contributed by atoms with Crippen molar-refractivity contribution in [1.82, 2.24) is 0 Å². The van der Waals surface area contributed by atoms with Crippen molar-refractivity contribution in [3.8, 4) is 0 Å². The molecule has 0 radical (unpaired) electrons. The Labute approximate surface area is 141 Å². The van der Waals surface area contributed by atoms with Gasteiger partial charge in [0.2, 0.25) is 0 Å². The molecule has 0 aliphatic heterocycles. The number of nitrogens with one attached hydrogen (secondary N) is 1. The van der Waals surface area contributed by atoms with E-state index in [0.29, 0.717) is 12.0 Å². The van der Waals surface area contributed by atoms with Gasteiger partial charge in [-0.15, -0.1) is 0 Å². The van der Waals surface area contributed by atoms with Crippen molar-refractivity contribution in [2.75, 3.05) is 5.32 Å². The summed E-state index contributed by atoms with van der Waals surface area (Å²) >= 11 is 15.2. The molecule has 5 heteroatoms. The van der Waals surface area contributed by atoms with Crippen LogP contribution >= 0.6 is 39.1 Å². The second-order valence-corrected chi connectivity index (χ2v) is 6.95. The molecule has 0 bridgehead atoms. The molecule has 2 aromatic rings. The number of hydrogen-bond acceptors (Lipinski definition) is 1. The van der Waals surface area contributed by atoms with Crippen LogP contribution in [0.15, 0.2) is 40.9 Å². The monoisotopic (exact) mass is 387 g/mol. The molecule has 0 aromatic heterocycles. The van der Waals surface area contributed by atoms with Gasteiger partial charge in [-0.1, -0.05) is 57.3 Å². The van der Waals surface area contributed by atoms with E-state index in [2.05, 4.69) is 39.4 Å². The van der Waals surface area contributed by atoms with E-state index < -0.39 is 5.82 Å². The van der Waals surface area contributed by atoms with Crippen LogP contribution < -0.4 is 5.32 Å². The molecule has 0 saturated heterocycles. The minimum Gasteiger partial charge on any atom is -0.382 e. The summed E-state index contributed by atoms with van der Waals surface area (Å²) in [5.74, 6) is -0.0203. The van der Waals surface area contributed by atoms with Crippen LogP contribution in [-0.4, -0.2) is 6.04 Å². The largest absolute Gasteiger partial charge is 0.382 e. The highest BCUT2D eigenvalue weighted by atomic mass is 79.9. The third kappa shape index (κ3) is 3.20. The van der Waals surface area contributed by atoms with Crippen LogP contribution in [-0.2, 0) is 0 Å². The van der Waals surface area contributed by atoms with Crippen molar-refractivity contribution in [3.05, 3.63) is 62.3 Å². The summed E-state index contributed by atoms with van der Waals surface area (Å²) in [7, 11) is 0. The van der Waals surface area contributed by atoms with Gasteiger partial charge in [-0.25, -0.2) is 4.39 Å². The van der Waals surface area contributed by atoms with Crippen LogP contribution in [0.1, 0.15) is 24.3 Å². The van der Waals surface area contributed by atoms with Gasteiger partial charge in [0.25, 0.3) is 0 Å². The number of anilines is 1. The lowest BCUT2D eigenvalue weighted by Gasteiger charge is -2.37. The molecular formula is C16H13BrCl2FN. The first kappa shape index (κ1) is 15.1. The standard InChI is InChI=1S/C16H13BrCl2FN/c17-13-4-2-1-3-12(13)9-5-10(6-9)21-11-7-14(18)16(20)15(19)8-11/h1-4,7-10,21H,5-6H2. The third-order valence-electron chi connectivity index (χ3n) is 3.84. The molecule has 110 valence electrons. The highest BCUT2D eigenvalue weighted by molar-refractivity contribution is 9.10. The smallest absolute Gasteiger partial charge is 0.160 e. The van der Waals surface area contributed by atoms with Gasteiger partial charge in [-0.2, -0.15) is 0 Å². The van der Waals surface area contributed by atoms with E-state index in [1.54, 1.807) is 12.1 Å². The van der Waals surface area contributed by atoms with E-state index in [9.17, 15) is 4.39 Å². The van der Waals surface area contributed by atoms with Crippen LogP contribution in [0, 0.1) is 5.82 Å². The van der Waals surface area contributed by atoms with Gasteiger partial charge >= 0.3 is 0 Å². The molecule has 1 saturated carbocycles. The van der Waals surface area contributed by atoms with E-state index >= 15 is 0 Å². The molecule has 1 nitrogen and oxygen atoms in total. The predicted molar refractivity (Wildman–Crippen MR) is 89.9 cm³/mol. The van der Waals surface area contributed by atoms with E-state index in [1.165, 1.54) is 5.56 Å². The van der Waals surface area contributed by atoms with Crippen molar-refractivity contribution >= 4 is 44.8 Å². The van der Waals surface area contributed by atoms with Gasteiger partial charge in [-0.3, -0.25) is 0 Å². The number of rotatable bonds is 3. The van der Waals surface area contributed by atoms with Crippen LogP contribution in [0.25, 0.3) is 0 Å². The fraction of sp³-hybridized carbons (Fsp3) is 0.250. The van der Waals surface area contributed by atoms with Crippen molar-refractivity contribution in [1.29, 1.82) is 0 Å². The first-order valence-electron chi connectivity index (χ1n) is 6.70. The fourth-order valence-electron chi connectivity index (χ4n) is 2.67. The maximum absolute atomic E-state index is 13.4. The zero-order valence-electron chi connectivity index (χ0n) is 11.0. The molecule has 0 amide bonds. The van der Waals surface area contributed by atoms with E-state index in [0.717, 1.165) is 23.0 Å². The highest BCUT2D eigenvalue weighted by Gasteiger charge is 2.31. The minimum absolute atomic E-state index is 0.0478. The van der Waals surface area contributed by atoms with Gasteiger partial charge in [0.15, 0.2) is 5.82 Å². The Morgan fingerprint density at radius 1 is 1.10 bits per heavy atom. The Bertz CT molecular complexity index is 648. The topological polar surface area (TPSA) is 12.0 Å². The average Bonchev–Trinajstić information content (AvgIpc) is 2.41. The van der Waals surface area contributed by atoms with Crippen LogP contribution in [0.2, 0.25) is 10.0 Å². The van der Waals surface area contributed by atoms with E-state index in [1.807, 2.05) is 6.07 Å². The van der Waals surface area contributed by atoms with E-state index in [4.69, 9.17) is 23.2 Å². The molecule has 3 rings (SSSR count). The van der Waals surface area contributed by atoms with Gasteiger partial charge in [-0.05, 0) is 42.5 Å². The van der Waals surface area contributed by atoms with Crippen LogP contribution in [0.3, 0.4) is 0 Å². The highest BCUT2D eigenvalue weighted by Crippen LogP contribution is 2.41. The predicted octanol–water partition coefficient (Wildman–Crippen LogP) is 6.25. The van der Waals surface area contributed by atoms with Crippen molar-refractivity contribution in [3.63, 3.8) is 0 Å². The molecule has 2 aromatic carbocycles. The molecule has 1 fully saturated rings. The quantitative estimate of drug-likeness (QED) is 0.612. The molecule has 0 unspecified atom stereocenters. The summed E-state index contributed by atoms with van der Waals surface area (Å²) in [5, 5.41) is 3.45. The zero-order chi connectivity index (χ0) is 15.0. The fourth-order valence-corrected chi connectivity index (χ4v) is 3.77. The molecule has 1 aliphatic carbocycles. The Hall–Kier alpha value is -0.770.